The van der Waals surface area contributed by atoms with Crippen LogP contribution in [0, 0.1) is 58.2 Å². The molecule has 0 aromatic rings. The molecule has 4 rings (SSSR count). The summed E-state index contributed by atoms with van der Waals surface area (Å²) in [6, 6.07) is 0. The van der Waals surface area contributed by atoms with E-state index in [9.17, 15) is 4.79 Å². The standard InChI is InChI=1S/C31H53BrO2/c1-7-22(20(2)3)9-8-21(4)26-12-13-27-25-11-10-23-18-24(34-29(33)19-32)14-16-30(23,5)28(25)15-17-31(26,27)6/h20-28H,7-19H2,1-6H3/t21-,22-,23+,24+,25?,26-,27?,28?,30+,31-/m1/s1. The summed E-state index contributed by atoms with van der Waals surface area (Å²) in [5.74, 6) is 7.01. The van der Waals surface area contributed by atoms with Crippen LogP contribution >= 0.6 is 15.9 Å². The van der Waals surface area contributed by atoms with Crippen LogP contribution in [0.15, 0.2) is 0 Å². The van der Waals surface area contributed by atoms with Gasteiger partial charge in [0.15, 0.2) is 0 Å². The number of carbonyl (C=O) groups excluding carboxylic acids is 1. The number of hydrogen-bond acceptors (Lipinski definition) is 2. The molecule has 0 aromatic carbocycles. The number of halogens is 1. The van der Waals surface area contributed by atoms with Gasteiger partial charge < -0.3 is 4.74 Å². The van der Waals surface area contributed by atoms with Gasteiger partial charge in [-0.05, 0) is 122 Å². The van der Waals surface area contributed by atoms with E-state index in [4.69, 9.17) is 4.74 Å². The monoisotopic (exact) mass is 536 g/mol. The predicted molar refractivity (Wildman–Crippen MR) is 146 cm³/mol. The van der Waals surface area contributed by atoms with Crippen molar-refractivity contribution in [3.8, 4) is 0 Å². The van der Waals surface area contributed by atoms with Gasteiger partial charge in [-0.3, -0.25) is 4.79 Å². The third kappa shape index (κ3) is 4.91. The zero-order valence-electron chi connectivity index (χ0n) is 23.1. The molecule has 0 saturated heterocycles. The van der Waals surface area contributed by atoms with Crippen LogP contribution in [0.5, 0.6) is 0 Å². The number of rotatable bonds is 8. The lowest BCUT2D eigenvalue weighted by atomic mass is 9.44. The Morgan fingerprint density at radius 1 is 0.941 bits per heavy atom. The SMILES string of the molecule is CC[C@H](CC[C@@H](C)[C@H]1CCC2C3CC[C@H]4C[C@@H](OC(=O)CBr)CC[C@]4(C)C3CC[C@@]21C)C(C)C. The van der Waals surface area contributed by atoms with Crippen LogP contribution in [0.25, 0.3) is 0 Å². The topological polar surface area (TPSA) is 26.3 Å². The maximum Gasteiger partial charge on any atom is 0.316 e. The number of fused-ring (bicyclic) bond motifs is 5. The van der Waals surface area contributed by atoms with Crippen LogP contribution in [0.4, 0.5) is 0 Å². The molecular weight excluding hydrogens is 484 g/mol. The highest BCUT2D eigenvalue weighted by Gasteiger charge is 2.60. The van der Waals surface area contributed by atoms with Crippen molar-refractivity contribution in [3.05, 3.63) is 0 Å². The zero-order chi connectivity index (χ0) is 24.7. The number of ether oxygens (including phenoxy) is 1. The van der Waals surface area contributed by atoms with E-state index in [0.717, 1.165) is 60.2 Å². The Morgan fingerprint density at radius 2 is 1.65 bits per heavy atom. The average Bonchev–Trinajstić information content (AvgIpc) is 3.16. The van der Waals surface area contributed by atoms with E-state index in [1.807, 2.05) is 0 Å². The van der Waals surface area contributed by atoms with Crippen LogP contribution in [0.1, 0.15) is 119 Å². The molecule has 4 saturated carbocycles. The summed E-state index contributed by atoms with van der Waals surface area (Å²) in [5, 5.41) is 0.326. The minimum absolute atomic E-state index is 0.0829. The minimum atomic E-state index is -0.0829. The van der Waals surface area contributed by atoms with Gasteiger partial charge >= 0.3 is 5.97 Å². The molecule has 3 heteroatoms. The molecule has 0 radical (unpaired) electrons. The van der Waals surface area contributed by atoms with Crippen molar-refractivity contribution < 1.29 is 9.53 Å². The van der Waals surface area contributed by atoms with Crippen molar-refractivity contribution in [2.24, 2.45) is 58.2 Å². The number of esters is 1. The molecule has 34 heavy (non-hydrogen) atoms. The van der Waals surface area contributed by atoms with Crippen LogP contribution in [-0.2, 0) is 9.53 Å². The predicted octanol–water partition coefficient (Wildman–Crippen LogP) is 9.05. The van der Waals surface area contributed by atoms with Crippen molar-refractivity contribution in [1.29, 1.82) is 0 Å². The first-order valence-corrected chi connectivity index (χ1v) is 16.0. The summed E-state index contributed by atoms with van der Waals surface area (Å²) in [5.41, 5.74) is 1.04. The molecule has 0 N–H and O–H groups in total. The molecule has 0 aliphatic heterocycles. The smallest absolute Gasteiger partial charge is 0.316 e. The fraction of sp³-hybridized carbons (Fsp3) is 0.968. The maximum atomic E-state index is 11.9. The van der Waals surface area contributed by atoms with E-state index < -0.39 is 0 Å². The Balaban J connectivity index is 1.41. The first-order chi connectivity index (χ1) is 16.1. The van der Waals surface area contributed by atoms with Crippen molar-refractivity contribution in [2.45, 2.75) is 125 Å². The van der Waals surface area contributed by atoms with E-state index in [-0.39, 0.29) is 12.1 Å². The number of alkyl halides is 1. The van der Waals surface area contributed by atoms with Gasteiger partial charge in [-0.2, -0.15) is 0 Å². The van der Waals surface area contributed by atoms with Gasteiger partial charge in [0.1, 0.15) is 11.4 Å². The normalized spacial score (nSPS) is 43.5. The van der Waals surface area contributed by atoms with E-state index in [0.29, 0.717) is 16.2 Å². The lowest BCUT2D eigenvalue weighted by molar-refractivity contribution is -0.160. The fourth-order valence-electron chi connectivity index (χ4n) is 10.2. The molecule has 4 aliphatic rings. The largest absolute Gasteiger partial charge is 0.462 e. The van der Waals surface area contributed by atoms with Crippen LogP contribution in [0.2, 0.25) is 0 Å². The minimum Gasteiger partial charge on any atom is -0.462 e. The molecule has 2 nitrogen and oxygen atoms in total. The Bertz CT molecular complexity index is 706. The van der Waals surface area contributed by atoms with E-state index in [2.05, 4.69) is 57.5 Å². The van der Waals surface area contributed by atoms with Crippen molar-refractivity contribution in [2.75, 3.05) is 5.33 Å². The van der Waals surface area contributed by atoms with Gasteiger partial charge in [-0.25, -0.2) is 0 Å². The summed E-state index contributed by atoms with van der Waals surface area (Å²) >= 11 is 3.26. The zero-order valence-corrected chi connectivity index (χ0v) is 24.7. The molecule has 196 valence electrons. The summed E-state index contributed by atoms with van der Waals surface area (Å²) in [6.45, 7) is 15.2. The lowest BCUT2D eigenvalue weighted by Crippen LogP contribution is -2.54. The second kappa shape index (κ2) is 10.7. The summed E-state index contributed by atoms with van der Waals surface area (Å²) in [4.78, 5) is 11.9. The molecule has 3 unspecified atom stereocenters. The molecule has 4 aliphatic carbocycles. The Kier molecular flexibility index (Phi) is 8.53. The van der Waals surface area contributed by atoms with Crippen molar-refractivity contribution in [3.63, 3.8) is 0 Å². The van der Waals surface area contributed by atoms with Crippen LogP contribution in [-0.4, -0.2) is 17.4 Å². The Morgan fingerprint density at radius 3 is 2.32 bits per heavy atom. The van der Waals surface area contributed by atoms with Crippen molar-refractivity contribution >= 4 is 21.9 Å². The fourth-order valence-corrected chi connectivity index (χ4v) is 10.3. The second-order valence-corrected chi connectivity index (χ2v) is 14.4. The van der Waals surface area contributed by atoms with E-state index in [1.165, 1.54) is 64.2 Å². The van der Waals surface area contributed by atoms with Crippen LogP contribution < -0.4 is 0 Å². The van der Waals surface area contributed by atoms with E-state index >= 15 is 0 Å². The van der Waals surface area contributed by atoms with Gasteiger partial charge in [-0.15, -0.1) is 0 Å². The lowest BCUT2D eigenvalue weighted by Gasteiger charge is -2.61. The molecule has 0 amide bonds. The highest BCUT2D eigenvalue weighted by Crippen LogP contribution is 2.68. The quantitative estimate of drug-likeness (QED) is 0.228. The molecular formula is C31H53BrO2. The summed E-state index contributed by atoms with van der Waals surface area (Å²) in [6.07, 6.45) is 16.5. The number of carbonyl (C=O) groups is 1. The summed E-state index contributed by atoms with van der Waals surface area (Å²) < 4.78 is 5.77. The third-order valence-electron chi connectivity index (χ3n) is 12.2. The first kappa shape index (κ1) is 27.0. The van der Waals surface area contributed by atoms with Gasteiger partial charge in [0, 0.05) is 0 Å². The van der Waals surface area contributed by atoms with Gasteiger partial charge in [-0.1, -0.05) is 70.3 Å². The highest BCUT2D eigenvalue weighted by molar-refractivity contribution is 9.09. The molecule has 0 bridgehead atoms. The molecule has 0 heterocycles. The molecule has 0 spiro atoms. The summed E-state index contributed by atoms with van der Waals surface area (Å²) in [7, 11) is 0. The van der Waals surface area contributed by atoms with Gasteiger partial charge in [0.2, 0.25) is 0 Å². The molecule has 10 atom stereocenters. The second-order valence-electron chi connectivity index (χ2n) is 13.9. The third-order valence-corrected chi connectivity index (χ3v) is 12.7. The average molecular weight is 538 g/mol. The van der Waals surface area contributed by atoms with Crippen molar-refractivity contribution in [1.82, 2.24) is 0 Å². The van der Waals surface area contributed by atoms with E-state index in [1.54, 1.807) is 0 Å². The first-order valence-electron chi connectivity index (χ1n) is 14.9. The van der Waals surface area contributed by atoms with Gasteiger partial charge in [0.05, 0.1) is 0 Å². The molecule has 0 aromatic heterocycles. The van der Waals surface area contributed by atoms with Crippen LogP contribution in [0.3, 0.4) is 0 Å². The van der Waals surface area contributed by atoms with Gasteiger partial charge in [0.25, 0.3) is 0 Å². The number of hydrogen-bond donors (Lipinski definition) is 0. The Hall–Kier alpha value is -0.0500. The Labute approximate surface area is 219 Å². The highest BCUT2D eigenvalue weighted by atomic mass is 79.9. The maximum absolute atomic E-state index is 11.9. The molecule has 4 fully saturated rings.